The van der Waals surface area contributed by atoms with E-state index in [9.17, 15) is 15.0 Å². The van der Waals surface area contributed by atoms with Crippen molar-refractivity contribution >= 4 is 5.97 Å². The van der Waals surface area contributed by atoms with E-state index in [1.807, 2.05) is 13.8 Å². The van der Waals surface area contributed by atoms with Gasteiger partial charge in [-0.1, -0.05) is 34.6 Å². The molecule has 8 fully saturated rings. The Morgan fingerprint density at radius 1 is 0.915 bits per heavy atom. The molecular weight excluding hydrogens is 596 g/mol. The first kappa shape index (κ1) is 34.4. The maximum atomic E-state index is 12.0. The normalized spacial score (nSPS) is 55.2. The van der Waals surface area contributed by atoms with Gasteiger partial charge in [0.1, 0.15) is 17.8 Å². The molecule has 8 nitrogen and oxygen atoms in total. The average molecular weight is 659 g/mol. The van der Waals surface area contributed by atoms with Crippen LogP contribution in [0, 0.1) is 57.2 Å². The number of ether oxygens (including phenoxy) is 5. The van der Waals surface area contributed by atoms with Gasteiger partial charge in [-0.15, -0.1) is 13.2 Å². The lowest BCUT2D eigenvalue weighted by Gasteiger charge is -2.60. The number of fused-ring (bicyclic) bond motifs is 4. The molecule has 3 aliphatic heterocycles. The molecule has 7 unspecified atom stereocenters. The molecule has 8 rings (SSSR count). The summed E-state index contributed by atoms with van der Waals surface area (Å²) in [5.74, 6) is 2.54. The third kappa shape index (κ3) is 4.43. The molecule has 2 bridgehead atoms. The minimum Gasteiger partial charge on any atom is -0.457 e. The summed E-state index contributed by atoms with van der Waals surface area (Å²) in [6, 6.07) is 0. The molecule has 0 amide bonds. The molecule has 5 aliphatic carbocycles. The van der Waals surface area contributed by atoms with Gasteiger partial charge in [0.25, 0.3) is 0 Å². The maximum Gasteiger partial charge on any atom is 0.303 e. The Kier molecular flexibility index (Phi) is 8.04. The van der Waals surface area contributed by atoms with Crippen LogP contribution in [0.15, 0.2) is 13.2 Å². The van der Waals surface area contributed by atoms with Gasteiger partial charge in [0, 0.05) is 25.7 Å². The summed E-state index contributed by atoms with van der Waals surface area (Å²) >= 11 is 0. The van der Waals surface area contributed by atoms with Crippen LogP contribution in [0.5, 0.6) is 0 Å². The number of carbonyl (C=O) groups excluding carboxylic acids is 1. The van der Waals surface area contributed by atoms with E-state index in [2.05, 4.69) is 47.8 Å². The summed E-state index contributed by atoms with van der Waals surface area (Å²) in [6.07, 6.45) is 7.20. The van der Waals surface area contributed by atoms with Crippen molar-refractivity contribution < 1.29 is 38.7 Å². The van der Waals surface area contributed by atoms with Crippen LogP contribution < -0.4 is 0 Å². The number of hydrogen-bond donors (Lipinski definition) is 2. The molecule has 16 atom stereocenters. The third-order valence-corrected chi connectivity index (χ3v) is 16.0. The predicted molar refractivity (Wildman–Crippen MR) is 177 cm³/mol. The lowest BCUT2D eigenvalue weighted by Crippen LogP contribution is -2.56. The zero-order valence-electron chi connectivity index (χ0n) is 30.3. The number of aliphatic hydroxyl groups is 2. The molecule has 47 heavy (non-hydrogen) atoms. The van der Waals surface area contributed by atoms with E-state index in [0.717, 1.165) is 19.3 Å². The fourth-order valence-electron chi connectivity index (χ4n) is 14.6. The van der Waals surface area contributed by atoms with E-state index in [1.165, 1.54) is 39.0 Å². The maximum absolute atomic E-state index is 12.0. The molecule has 2 N–H and O–H groups in total. The quantitative estimate of drug-likeness (QED) is 0.203. The Morgan fingerprint density at radius 2 is 1.64 bits per heavy atom. The van der Waals surface area contributed by atoms with Gasteiger partial charge in [-0.05, 0) is 110 Å². The molecule has 3 saturated heterocycles. The van der Waals surface area contributed by atoms with Gasteiger partial charge in [0.05, 0.1) is 24.9 Å². The second-order valence-corrected chi connectivity index (χ2v) is 18.4. The molecule has 3 spiro atoms. The molecule has 266 valence electrons. The highest BCUT2D eigenvalue weighted by molar-refractivity contribution is 5.66. The minimum absolute atomic E-state index is 0.00336. The van der Waals surface area contributed by atoms with Gasteiger partial charge < -0.3 is 33.9 Å². The van der Waals surface area contributed by atoms with Gasteiger partial charge in [0.15, 0.2) is 12.1 Å². The smallest absolute Gasteiger partial charge is 0.303 e. The van der Waals surface area contributed by atoms with E-state index >= 15 is 0 Å². The first-order valence-corrected chi connectivity index (χ1v) is 18.7. The Hall–Kier alpha value is -1.03. The van der Waals surface area contributed by atoms with Crippen LogP contribution in [0.4, 0.5) is 0 Å². The fourth-order valence-corrected chi connectivity index (χ4v) is 14.6. The second kappa shape index (κ2) is 11.0. The average Bonchev–Trinajstić information content (AvgIpc) is 3.21. The van der Waals surface area contributed by atoms with E-state index in [0.29, 0.717) is 52.8 Å². The van der Waals surface area contributed by atoms with Crippen molar-refractivity contribution in [3.05, 3.63) is 13.2 Å². The first-order chi connectivity index (χ1) is 22.0. The van der Waals surface area contributed by atoms with Crippen molar-refractivity contribution in [1.29, 1.82) is 0 Å². The number of rotatable bonds is 4. The number of esters is 1. The summed E-state index contributed by atoms with van der Waals surface area (Å²) < 4.78 is 32.5. The van der Waals surface area contributed by atoms with Crippen LogP contribution >= 0.6 is 0 Å². The van der Waals surface area contributed by atoms with Crippen LogP contribution in [-0.2, 0) is 28.5 Å². The molecule has 0 aromatic heterocycles. The topological polar surface area (TPSA) is 104 Å². The lowest BCUT2D eigenvalue weighted by molar-refractivity contribution is -0.264. The van der Waals surface area contributed by atoms with E-state index < -0.39 is 29.9 Å². The second-order valence-electron chi connectivity index (χ2n) is 18.4. The summed E-state index contributed by atoms with van der Waals surface area (Å²) in [5.41, 5.74) is 0.164. The highest BCUT2D eigenvalue weighted by atomic mass is 16.8. The Morgan fingerprint density at radius 3 is 2.32 bits per heavy atom. The minimum atomic E-state index is -0.828. The van der Waals surface area contributed by atoms with Crippen LogP contribution in [-0.4, -0.2) is 71.0 Å². The van der Waals surface area contributed by atoms with Crippen LogP contribution in [0.2, 0.25) is 0 Å². The molecule has 3 heterocycles. The van der Waals surface area contributed by atoms with Gasteiger partial charge in [-0.2, -0.15) is 0 Å². The van der Waals surface area contributed by atoms with Crippen LogP contribution in [0.3, 0.4) is 0 Å². The molecule has 8 aliphatic rings. The zero-order chi connectivity index (χ0) is 34.1. The Labute approximate surface area is 282 Å². The SMILES string of the molecule is C=C.CC(=O)OC(C)(C)C1OC23CC4[C@@H]5CCC6C(C)(C)[C@@H](O[C@H]7C[C@@H](O)[C@H](O)CO7)CCC67[C@@H](C)[C@@]57CC[C@]4(C)C2[C@H](C)CC1O3. The van der Waals surface area contributed by atoms with Crippen molar-refractivity contribution in [1.82, 2.24) is 0 Å². The molecule has 8 heteroatoms. The Balaban J connectivity index is 0.00000172. The van der Waals surface area contributed by atoms with E-state index in [4.69, 9.17) is 23.7 Å². The van der Waals surface area contributed by atoms with Crippen LogP contribution in [0.1, 0.15) is 113 Å². The van der Waals surface area contributed by atoms with Gasteiger partial charge in [0.2, 0.25) is 0 Å². The molecule has 0 aromatic carbocycles. The van der Waals surface area contributed by atoms with E-state index in [1.54, 1.807) is 0 Å². The number of aliphatic hydroxyl groups excluding tert-OH is 2. The molecule has 5 saturated carbocycles. The van der Waals surface area contributed by atoms with Crippen molar-refractivity contribution in [2.45, 2.75) is 161 Å². The Bertz CT molecular complexity index is 1250. The standard InChI is InChI=1S/C37H58O8.C2H4/c1-19-15-26-31(33(6,7)43-21(3)38)45-37(44-26)17-23-22-9-10-27-32(4,5)28(42-29-16-24(39)25(40)18-41-29)11-12-36(27)20(2)35(22,36)14-13-34(23,8)30(19)37;1-2/h19-20,22-31,39-40H,9-18H2,1-8H3;1-2H2/t19-,20+,22+,23?,24-,25-,26?,27?,28+,29+,30?,31?,34+,35+,36?,37?;/m1./s1. The highest BCUT2D eigenvalue weighted by Gasteiger charge is 2.86. The fraction of sp³-hybridized carbons (Fsp3) is 0.923. The summed E-state index contributed by atoms with van der Waals surface area (Å²) in [7, 11) is 0. The molecule has 0 radical (unpaired) electrons. The number of carbonyl (C=O) groups is 1. The van der Waals surface area contributed by atoms with Gasteiger partial charge in [-0.25, -0.2) is 0 Å². The van der Waals surface area contributed by atoms with Crippen molar-refractivity contribution in [3.63, 3.8) is 0 Å². The van der Waals surface area contributed by atoms with Gasteiger partial charge in [-0.3, -0.25) is 4.79 Å². The summed E-state index contributed by atoms with van der Waals surface area (Å²) in [6.45, 7) is 24.0. The number of hydrogen-bond acceptors (Lipinski definition) is 8. The van der Waals surface area contributed by atoms with E-state index in [-0.39, 0.29) is 41.7 Å². The van der Waals surface area contributed by atoms with Crippen molar-refractivity contribution in [2.75, 3.05) is 6.61 Å². The van der Waals surface area contributed by atoms with Gasteiger partial charge >= 0.3 is 5.97 Å². The lowest BCUT2D eigenvalue weighted by atomic mass is 9.46. The molecular formula is C39H62O8. The van der Waals surface area contributed by atoms with Crippen LogP contribution in [0.25, 0.3) is 0 Å². The monoisotopic (exact) mass is 658 g/mol. The molecule has 0 aromatic rings. The largest absolute Gasteiger partial charge is 0.457 e. The van der Waals surface area contributed by atoms with Crippen molar-refractivity contribution in [2.24, 2.45) is 57.2 Å². The zero-order valence-corrected chi connectivity index (χ0v) is 30.3. The third-order valence-electron chi connectivity index (χ3n) is 16.0. The highest BCUT2D eigenvalue weighted by Crippen LogP contribution is 2.90. The predicted octanol–water partition coefficient (Wildman–Crippen LogP) is 6.41. The first-order valence-electron chi connectivity index (χ1n) is 18.7. The van der Waals surface area contributed by atoms with Crippen molar-refractivity contribution in [3.8, 4) is 0 Å². The summed E-state index contributed by atoms with van der Waals surface area (Å²) in [5, 5.41) is 20.2. The summed E-state index contributed by atoms with van der Waals surface area (Å²) in [4.78, 5) is 12.0.